The minimum Gasteiger partial charge on any atom is -0.466 e. The second kappa shape index (κ2) is 6.23. The first-order valence-electron chi connectivity index (χ1n) is 4.90. The number of carbonyl (C=O) groups is 1. The van der Waals surface area contributed by atoms with Gasteiger partial charge in [-0.2, -0.15) is 0 Å². The Bertz CT molecular complexity index is 384. The van der Waals surface area contributed by atoms with E-state index < -0.39 is 0 Å². The van der Waals surface area contributed by atoms with Crippen molar-refractivity contribution in [2.75, 3.05) is 6.61 Å². The van der Waals surface area contributed by atoms with Gasteiger partial charge in [-0.05, 0) is 24.6 Å². The maximum Gasteiger partial charge on any atom is 0.307 e. The molecule has 0 bridgehead atoms. The Morgan fingerprint density at radius 3 is 2.88 bits per heavy atom. The molecular weight excluding hydrogens is 293 g/mol. The number of ether oxygens (including phenoxy) is 1. The van der Waals surface area contributed by atoms with Crippen molar-refractivity contribution in [3.05, 3.63) is 33.3 Å². The van der Waals surface area contributed by atoms with E-state index in [-0.39, 0.29) is 18.4 Å². The van der Waals surface area contributed by atoms with Crippen LogP contribution in [-0.4, -0.2) is 12.6 Å². The number of benzene rings is 1. The summed E-state index contributed by atoms with van der Waals surface area (Å²) in [6.07, 6.45) is 0.161. The molecule has 3 nitrogen and oxygen atoms in total. The normalized spacial score (nSPS) is 12.2. The predicted molar refractivity (Wildman–Crippen MR) is 67.3 cm³/mol. The summed E-state index contributed by atoms with van der Waals surface area (Å²) in [5.41, 5.74) is 6.75. The SMILES string of the molecule is CCOC(=O)CC(N)c1ccc(Cl)cc1Br. The van der Waals surface area contributed by atoms with E-state index in [1.54, 1.807) is 25.1 Å². The van der Waals surface area contributed by atoms with Gasteiger partial charge < -0.3 is 10.5 Å². The molecule has 0 aromatic heterocycles. The summed E-state index contributed by atoms with van der Waals surface area (Å²) in [6, 6.07) is 4.91. The lowest BCUT2D eigenvalue weighted by atomic mass is 10.1. The monoisotopic (exact) mass is 305 g/mol. The summed E-state index contributed by atoms with van der Waals surface area (Å²) in [5.74, 6) is -0.295. The lowest BCUT2D eigenvalue weighted by Crippen LogP contribution is -2.17. The molecule has 88 valence electrons. The largest absolute Gasteiger partial charge is 0.466 e. The zero-order valence-corrected chi connectivity index (χ0v) is 11.2. The van der Waals surface area contributed by atoms with E-state index >= 15 is 0 Å². The van der Waals surface area contributed by atoms with Gasteiger partial charge in [0.05, 0.1) is 13.0 Å². The maximum absolute atomic E-state index is 11.3. The quantitative estimate of drug-likeness (QED) is 0.870. The van der Waals surface area contributed by atoms with E-state index in [9.17, 15) is 4.79 Å². The Labute approximate surface area is 108 Å². The molecule has 0 fully saturated rings. The number of hydrogen-bond donors (Lipinski definition) is 1. The van der Waals surface area contributed by atoms with Crippen LogP contribution in [0.5, 0.6) is 0 Å². The molecule has 1 unspecified atom stereocenters. The van der Waals surface area contributed by atoms with Gasteiger partial charge in [0.2, 0.25) is 0 Å². The molecule has 0 radical (unpaired) electrons. The number of esters is 1. The van der Waals surface area contributed by atoms with Gasteiger partial charge >= 0.3 is 5.97 Å². The van der Waals surface area contributed by atoms with Crippen molar-refractivity contribution in [3.63, 3.8) is 0 Å². The van der Waals surface area contributed by atoms with Crippen LogP contribution in [0.4, 0.5) is 0 Å². The van der Waals surface area contributed by atoms with Gasteiger partial charge in [0.15, 0.2) is 0 Å². The van der Waals surface area contributed by atoms with Crippen molar-refractivity contribution in [3.8, 4) is 0 Å². The van der Waals surface area contributed by atoms with Crippen molar-refractivity contribution in [1.82, 2.24) is 0 Å². The molecule has 0 aliphatic carbocycles. The van der Waals surface area contributed by atoms with Crippen LogP contribution < -0.4 is 5.73 Å². The highest BCUT2D eigenvalue weighted by atomic mass is 79.9. The van der Waals surface area contributed by atoms with Crippen LogP contribution in [0.3, 0.4) is 0 Å². The molecule has 0 heterocycles. The van der Waals surface area contributed by atoms with Crippen molar-refractivity contribution in [2.45, 2.75) is 19.4 Å². The molecule has 0 saturated carbocycles. The fourth-order valence-electron chi connectivity index (χ4n) is 1.31. The maximum atomic E-state index is 11.3. The van der Waals surface area contributed by atoms with Crippen LogP contribution in [0.2, 0.25) is 5.02 Å². The minimum absolute atomic E-state index is 0.161. The first-order chi connectivity index (χ1) is 7.54. The predicted octanol–water partition coefficient (Wildman–Crippen LogP) is 3.06. The van der Waals surface area contributed by atoms with E-state index in [4.69, 9.17) is 22.1 Å². The molecule has 1 aromatic carbocycles. The highest BCUT2D eigenvalue weighted by Gasteiger charge is 2.15. The second-order valence-corrected chi connectivity index (χ2v) is 4.57. The first-order valence-corrected chi connectivity index (χ1v) is 6.07. The summed E-state index contributed by atoms with van der Waals surface area (Å²) < 4.78 is 5.64. The molecule has 0 amide bonds. The molecule has 2 N–H and O–H groups in total. The first kappa shape index (κ1) is 13.5. The minimum atomic E-state index is -0.384. The van der Waals surface area contributed by atoms with Gasteiger partial charge in [0.1, 0.15) is 0 Å². The second-order valence-electron chi connectivity index (χ2n) is 3.28. The molecule has 0 saturated heterocycles. The smallest absolute Gasteiger partial charge is 0.307 e. The summed E-state index contributed by atoms with van der Waals surface area (Å²) in [4.78, 5) is 11.3. The Morgan fingerprint density at radius 2 is 2.31 bits per heavy atom. The van der Waals surface area contributed by atoms with Crippen molar-refractivity contribution in [1.29, 1.82) is 0 Å². The summed E-state index contributed by atoms with van der Waals surface area (Å²) in [6.45, 7) is 2.13. The molecule has 5 heteroatoms. The Kier molecular flexibility index (Phi) is 5.25. The Morgan fingerprint density at radius 1 is 1.62 bits per heavy atom. The van der Waals surface area contributed by atoms with E-state index in [1.165, 1.54) is 0 Å². The average Bonchev–Trinajstić information content (AvgIpc) is 2.17. The van der Waals surface area contributed by atoms with Gasteiger partial charge in [-0.25, -0.2) is 0 Å². The van der Waals surface area contributed by atoms with Crippen LogP contribution in [-0.2, 0) is 9.53 Å². The Balaban J connectivity index is 2.72. The van der Waals surface area contributed by atoms with Crippen LogP contribution in [0.25, 0.3) is 0 Å². The molecule has 1 aromatic rings. The molecule has 0 aliphatic heterocycles. The van der Waals surface area contributed by atoms with Gasteiger partial charge in [-0.15, -0.1) is 0 Å². The third-order valence-corrected chi connectivity index (χ3v) is 2.98. The lowest BCUT2D eigenvalue weighted by molar-refractivity contribution is -0.143. The van der Waals surface area contributed by atoms with Gasteiger partial charge in [-0.3, -0.25) is 4.79 Å². The van der Waals surface area contributed by atoms with Crippen molar-refractivity contribution >= 4 is 33.5 Å². The van der Waals surface area contributed by atoms with Crippen LogP contribution in [0, 0.1) is 0 Å². The fraction of sp³-hybridized carbons (Fsp3) is 0.364. The zero-order valence-electron chi connectivity index (χ0n) is 8.87. The highest BCUT2D eigenvalue weighted by molar-refractivity contribution is 9.10. The fourth-order valence-corrected chi connectivity index (χ4v) is 2.29. The van der Waals surface area contributed by atoms with Gasteiger partial charge in [0.25, 0.3) is 0 Å². The van der Waals surface area contributed by atoms with Crippen molar-refractivity contribution < 1.29 is 9.53 Å². The number of carbonyl (C=O) groups excluding carboxylic acids is 1. The average molecular weight is 307 g/mol. The van der Waals surface area contributed by atoms with Crippen LogP contribution in [0.15, 0.2) is 22.7 Å². The zero-order chi connectivity index (χ0) is 12.1. The van der Waals surface area contributed by atoms with E-state index in [0.29, 0.717) is 11.6 Å². The van der Waals surface area contributed by atoms with Crippen LogP contribution >= 0.6 is 27.5 Å². The van der Waals surface area contributed by atoms with E-state index in [0.717, 1.165) is 10.0 Å². The van der Waals surface area contributed by atoms with Crippen molar-refractivity contribution in [2.24, 2.45) is 5.73 Å². The molecule has 0 spiro atoms. The van der Waals surface area contributed by atoms with Gasteiger partial charge in [-0.1, -0.05) is 33.6 Å². The number of halogens is 2. The summed E-state index contributed by atoms with van der Waals surface area (Å²) in [7, 11) is 0. The molecular formula is C11H13BrClNO2. The number of nitrogens with two attached hydrogens (primary N) is 1. The van der Waals surface area contributed by atoms with E-state index in [1.807, 2.05) is 0 Å². The standard InChI is InChI=1S/C11H13BrClNO2/c1-2-16-11(15)6-10(14)8-4-3-7(13)5-9(8)12/h3-5,10H,2,6,14H2,1H3. The van der Waals surface area contributed by atoms with Crippen LogP contribution in [0.1, 0.15) is 24.9 Å². The van der Waals surface area contributed by atoms with Gasteiger partial charge in [0, 0.05) is 15.5 Å². The third-order valence-electron chi connectivity index (χ3n) is 2.05. The molecule has 1 rings (SSSR count). The third kappa shape index (κ3) is 3.77. The lowest BCUT2D eigenvalue weighted by Gasteiger charge is -2.13. The molecule has 16 heavy (non-hydrogen) atoms. The number of rotatable bonds is 4. The summed E-state index contributed by atoms with van der Waals surface area (Å²) in [5, 5.41) is 0.624. The summed E-state index contributed by atoms with van der Waals surface area (Å²) >= 11 is 9.17. The number of hydrogen-bond acceptors (Lipinski definition) is 3. The topological polar surface area (TPSA) is 52.3 Å². The highest BCUT2D eigenvalue weighted by Crippen LogP contribution is 2.27. The van der Waals surface area contributed by atoms with E-state index in [2.05, 4.69) is 15.9 Å². The molecule has 0 aliphatic rings. The Hall–Kier alpha value is -0.580. The molecule has 1 atom stereocenters.